The molecule has 0 aromatic heterocycles. The van der Waals surface area contributed by atoms with Gasteiger partial charge < -0.3 is 14.4 Å². The molecule has 0 N–H and O–H groups in total. The zero-order chi connectivity index (χ0) is 18.5. The van der Waals surface area contributed by atoms with Crippen LogP contribution in [0.5, 0.6) is 11.5 Å². The fourth-order valence-electron chi connectivity index (χ4n) is 3.57. The van der Waals surface area contributed by atoms with Gasteiger partial charge in [-0.1, -0.05) is 18.2 Å². The zero-order valence-corrected chi connectivity index (χ0v) is 15.2. The summed E-state index contributed by atoms with van der Waals surface area (Å²) in [4.78, 5) is 14.7. The van der Waals surface area contributed by atoms with Gasteiger partial charge in [-0.3, -0.25) is 4.79 Å². The number of likely N-dealkylation sites (tertiary alicyclic amines) is 1. The highest BCUT2D eigenvalue weighted by Gasteiger charge is 2.31. The number of nitrogens with zero attached hydrogens (tertiary/aromatic N) is 1. The fourth-order valence-corrected chi connectivity index (χ4v) is 3.57. The molecule has 1 aliphatic heterocycles. The van der Waals surface area contributed by atoms with Crippen molar-refractivity contribution in [1.82, 2.24) is 4.90 Å². The molecule has 1 amide bonds. The van der Waals surface area contributed by atoms with Crippen molar-refractivity contribution in [2.75, 3.05) is 20.8 Å². The monoisotopic (exact) mass is 357 g/mol. The Labute approximate surface area is 153 Å². The van der Waals surface area contributed by atoms with Crippen molar-refractivity contribution in [3.8, 4) is 11.5 Å². The van der Waals surface area contributed by atoms with Gasteiger partial charge in [0.15, 0.2) is 0 Å². The summed E-state index contributed by atoms with van der Waals surface area (Å²) >= 11 is 0. The zero-order valence-electron chi connectivity index (χ0n) is 15.2. The molecule has 2 aromatic rings. The highest BCUT2D eigenvalue weighted by molar-refractivity contribution is 5.77. The Balaban J connectivity index is 1.75. The number of carbonyl (C=O) groups is 1. The number of carbonyl (C=O) groups excluding carboxylic acids is 1. The molecule has 0 aliphatic carbocycles. The topological polar surface area (TPSA) is 38.8 Å². The smallest absolute Gasteiger partial charge is 0.223 e. The van der Waals surface area contributed by atoms with Gasteiger partial charge in [-0.25, -0.2) is 4.39 Å². The third kappa shape index (κ3) is 3.82. The SMILES string of the molecule is COc1ccc(OC)c(C2CCCN2C(=O)CCc2ccccc2F)c1. The van der Waals surface area contributed by atoms with Crippen LogP contribution in [0.3, 0.4) is 0 Å². The molecule has 1 heterocycles. The second kappa shape index (κ2) is 8.21. The number of methoxy groups -OCH3 is 2. The summed E-state index contributed by atoms with van der Waals surface area (Å²) in [7, 11) is 3.25. The minimum Gasteiger partial charge on any atom is -0.497 e. The summed E-state index contributed by atoms with van der Waals surface area (Å²) in [6.45, 7) is 0.709. The molecule has 0 saturated carbocycles. The number of hydrogen-bond acceptors (Lipinski definition) is 3. The standard InChI is InChI=1S/C21H24FNO3/c1-25-16-10-11-20(26-2)17(14-16)19-8-5-13-23(19)21(24)12-9-15-6-3-4-7-18(15)22/h3-4,6-7,10-11,14,19H,5,8-9,12-13H2,1-2H3. The lowest BCUT2D eigenvalue weighted by atomic mass is 10.0. The Morgan fingerprint density at radius 3 is 2.73 bits per heavy atom. The predicted octanol–water partition coefficient (Wildman–Crippen LogP) is 4.14. The lowest BCUT2D eigenvalue weighted by molar-refractivity contribution is -0.132. The van der Waals surface area contributed by atoms with Crippen LogP contribution in [0.15, 0.2) is 42.5 Å². The van der Waals surface area contributed by atoms with Crippen molar-refractivity contribution in [1.29, 1.82) is 0 Å². The minimum absolute atomic E-state index is 0.0341. The van der Waals surface area contributed by atoms with E-state index in [1.165, 1.54) is 6.07 Å². The number of amides is 1. The molecular formula is C21H24FNO3. The van der Waals surface area contributed by atoms with Crippen LogP contribution in [-0.4, -0.2) is 31.6 Å². The summed E-state index contributed by atoms with van der Waals surface area (Å²) in [5.74, 6) is 1.28. The molecule has 4 nitrogen and oxygen atoms in total. The first kappa shape index (κ1) is 18.2. The Hall–Kier alpha value is -2.56. The van der Waals surface area contributed by atoms with Crippen molar-refractivity contribution < 1.29 is 18.7 Å². The van der Waals surface area contributed by atoms with E-state index in [4.69, 9.17) is 9.47 Å². The van der Waals surface area contributed by atoms with Crippen LogP contribution in [-0.2, 0) is 11.2 Å². The van der Waals surface area contributed by atoms with Crippen LogP contribution in [0.2, 0.25) is 0 Å². The van der Waals surface area contributed by atoms with Gasteiger partial charge in [0.05, 0.1) is 20.3 Å². The van der Waals surface area contributed by atoms with Gasteiger partial charge >= 0.3 is 0 Å². The highest BCUT2D eigenvalue weighted by atomic mass is 19.1. The first-order valence-corrected chi connectivity index (χ1v) is 8.89. The van der Waals surface area contributed by atoms with E-state index in [9.17, 15) is 9.18 Å². The minimum atomic E-state index is -0.257. The summed E-state index contributed by atoms with van der Waals surface area (Å²) in [6.07, 6.45) is 2.53. The molecule has 1 aliphatic rings. The van der Waals surface area contributed by atoms with E-state index in [1.54, 1.807) is 32.4 Å². The molecule has 0 radical (unpaired) electrons. The van der Waals surface area contributed by atoms with Crippen LogP contribution < -0.4 is 9.47 Å². The van der Waals surface area contributed by atoms with E-state index in [2.05, 4.69) is 0 Å². The van der Waals surface area contributed by atoms with Crippen LogP contribution in [0, 0.1) is 5.82 Å². The Bertz CT molecular complexity index is 778. The fraction of sp³-hybridized carbons (Fsp3) is 0.381. The number of halogens is 1. The number of benzene rings is 2. The Morgan fingerprint density at radius 1 is 1.19 bits per heavy atom. The van der Waals surface area contributed by atoms with Crippen LogP contribution in [0.4, 0.5) is 4.39 Å². The van der Waals surface area contributed by atoms with Gasteiger partial charge in [0.25, 0.3) is 0 Å². The Morgan fingerprint density at radius 2 is 2.00 bits per heavy atom. The van der Waals surface area contributed by atoms with Crippen molar-refractivity contribution in [2.24, 2.45) is 0 Å². The highest BCUT2D eigenvalue weighted by Crippen LogP contribution is 2.39. The number of rotatable bonds is 6. The molecule has 138 valence electrons. The molecule has 0 spiro atoms. The number of aryl methyl sites for hydroxylation is 1. The predicted molar refractivity (Wildman–Crippen MR) is 98.0 cm³/mol. The second-order valence-corrected chi connectivity index (χ2v) is 6.44. The average molecular weight is 357 g/mol. The maximum atomic E-state index is 13.8. The largest absolute Gasteiger partial charge is 0.497 e. The quantitative estimate of drug-likeness (QED) is 0.780. The second-order valence-electron chi connectivity index (χ2n) is 6.44. The molecule has 1 atom stereocenters. The van der Waals surface area contributed by atoms with E-state index in [0.29, 0.717) is 24.9 Å². The molecule has 3 rings (SSSR count). The van der Waals surface area contributed by atoms with E-state index in [1.807, 2.05) is 23.1 Å². The summed E-state index contributed by atoms with van der Waals surface area (Å²) in [5.41, 5.74) is 1.54. The molecule has 0 bridgehead atoms. The van der Waals surface area contributed by atoms with Crippen LogP contribution in [0.25, 0.3) is 0 Å². The third-order valence-electron chi connectivity index (χ3n) is 4.94. The van der Waals surface area contributed by atoms with Gasteiger partial charge in [0, 0.05) is 18.5 Å². The van der Waals surface area contributed by atoms with Crippen molar-refractivity contribution in [3.05, 3.63) is 59.4 Å². The van der Waals surface area contributed by atoms with Crippen molar-refractivity contribution >= 4 is 5.91 Å². The van der Waals surface area contributed by atoms with Gasteiger partial charge in [0.1, 0.15) is 17.3 Å². The first-order chi connectivity index (χ1) is 12.6. The third-order valence-corrected chi connectivity index (χ3v) is 4.94. The maximum Gasteiger partial charge on any atom is 0.223 e. The van der Waals surface area contributed by atoms with Gasteiger partial charge in [0.2, 0.25) is 5.91 Å². The average Bonchev–Trinajstić information content (AvgIpc) is 3.16. The number of ether oxygens (including phenoxy) is 2. The van der Waals surface area contributed by atoms with Crippen molar-refractivity contribution in [3.63, 3.8) is 0 Å². The molecule has 5 heteroatoms. The first-order valence-electron chi connectivity index (χ1n) is 8.89. The molecular weight excluding hydrogens is 333 g/mol. The lowest BCUT2D eigenvalue weighted by Crippen LogP contribution is -2.31. The molecule has 1 fully saturated rings. The summed E-state index contributed by atoms with van der Waals surface area (Å²) < 4.78 is 24.6. The Kier molecular flexibility index (Phi) is 5.76. The van der Waals surface area contributed by atoms with Gasteiger partial charge in [-0.15, -0.1) is 0 Å². The van der Waals surface area contributed by atoms with E-state index >= 15 is 0 Å². The van der Waals surface area contributed by atoms with E-state index in [0.717, 1.165) is 29.9 Å². The normalized spacial score (nSPS) is 16.6. The van der Waals surface area contributed by atoms with Crippen molar-refractivity contribution in [2.45, 2.75) is 31.7 Å². The lowest BCUT2D eigenvalue weighted by Gasteiger charge is -2.27. The van der Waals surface area contributed by atoms with Gasteiger partial charge in [-0.2, -0.15) is 0 Å². The van der Waals surface area contributed by atoms with E-state index < -0.39 is 0 Å². The number of hydrogen-bond donors (Lipinski definition) is 0. The molecule has 2 aromatic carbocycles. The summed E-state index contributed by atoms with van der Waals surface area (Å²) in [6, 6.07) is 12.2. The van der Waals surface area contributed by atoms with Crippen LogP contribution in [0.1, 0.15) is 36.4 Å². The molecule has 1 saturated heterocycles. The van der Waals surface area contributed by atoms with Crippen LogP contribution >= 0.6 is 0 Å². The molecule has 1 unspecified atom stereocenters. The van der Waals surface area contributed by atoms with E-state index in [-0.39, 0.29) is 17.8 Å². The van der Waals surface area contributed by atoms with Gasteiger partial charge in [-0.05, 0) is 49.1 Å². The summed E-state index contributed by atoms with van der Waals surface area (Å²) in [5, 5.41) is 0. The maximum absolute atomic E-state index is 13.8. The molecule has 26 heavy (non-hydrogen) atoms.